The summed E-state index contributed by atoms with van der Waals surface area (Å²) in [6, 6.07) is 178. The number of aryl methyl sites for hydroxylation is 4. The number of nitrogens with zero attached hydrogens (tertiary/aromatic N) is 5. The van der Waals surface area contributed by atoms with Gasteiger partial charge in [0.05, 0.1) is 22.1 Å². The molecule has 18 aromatic carbocycles. The van der Waals surface area contributed by atoms with E-state index >= 15 is 0 Å². The number of hydrogen-bond donors (Lipinski definition) is 0. The fourth-order valence-corrected chi connectivity index (χ4v) is 27.8. The van der Waals surface area contributed by atoms with Crippen LogP contribution >= 0.6 is 0 Å². The molecule has 21 rings (SSSR count). The molecule has 21 aromatic rings. The quantitative estimate of drug-likeness (QED) is 0.0433. The first-order valence-electron chi connectivity index (χ1n) is 44.0. The van der Waals surface area contributed by atoms with Crippen molar-refractivity contribution in [1.82, 2.24) is 14.1 Å². The van der Waals surface area contributed by atoms with E-state index in [1.165, 1.54) is 118 Å². The highest BCUT2D eigenvalue weighted by atomic mass is 28.3. The number of pyridine rings is 1. The van der Waals surface area contributed by atoms with Crippen LogP contribution in [0, 0.1) is 27.7 Å². The van der Waals surface area contributed by atoms with E-state index in [-0.39, 0.29) is 0 Å². The average Bonchev–Trinajstić information content (AvgIpc) is 1.07. The van der Waals surface area contributed by atoms with E-state index in [9.17, 15) is 0 Å². The van der Waals surface area contributed by atoms with Gasteiger partial charge in [-0.25, -0.2) is 4.98 Å². The van der Waals surface area contributed by atoms with E-state index in [2.05, 4.69) is 562 Å². The Morgan fingerprint density at radius 2 is 0.359 bits per heavy atom. The van der Waals surface area contributed by atoms with Gasteiger partial charge < -0.3 is 9.80 Å². The first-order valence-corrected chi connectivity index (χ1v) is 48.0. The van der Waals surface area contributed by atoms with Crippen molar-refractivity contribution in [3.05, 3.63) is 536 Å². The van der Waals surface area contributed by atoms with Gasteiger partial charge in [0.15, 0.2) is 16.1 Å². The molecule has 614 valence electrons. The molecule has 128 heavy (non-hydrogen) atoms. The van der Waals surface area contributed by atoms with Crippen molar-refractivity contribution in [3.63, 3.8) is 0 Å². The number of aromatic nitrogens is 3. The third-order valence-electron chi connectivity index (χ3n) is 24.7. The minimum atomic E-state index is -2.60. The third-order valence-corrected chi connectivity index (χ3v) is 34.3. The maximum absolute atomic E-state index is 5.18. The van der Waals surface area contributed by atoms with E-state index in [1.54, 1.807) is 0 Å². The van der Waals surface area contributed by atoms with Gasteiger partial charge in [-0.3, -0.25) is 9.13 Å². The average molecular weight is 1680 g/mol. The molecular weight excluding hydrogens is 1580 g/mol. The van der Waals surface area contributed by atoms with Crippen LogP contribution in [0.2, 0.25) is 0 Å². The van der Waals surface area contributed by atoms with Crippen molar-refractivity contribution in [1.29, 1.82) is 0 Å². The Hall–Kier alpha value is -15.8. The van der Waals surface area contributed by atoms with Crippen LogP contribution in [-0.4, -0.2) is 30.3 Å². The summed E-state index contributed by atoms with van der Waals surface area (Å²) in [4.78, 5) is 9.79. The van der Waals surface area contributed by atoms with Gasteiger partial charge in [0, 0.05) is 55.7 Å². The summed E-state index contributed by atoms with van der Waals surface area (Å²) < 4.78 is 4.53. The lowest BCUT2D eigenvalue weighted by Crippen LogP contribution is -2.76. The highest BCUT2D eigenvalue weighted by molar-refractivity contribution is 7.21. The van der Waals surface area contributed by atoms with Crippen molar-refractivity contribution >= 4 is 160 Å². The standard InChI is InChI=1S/C50H44N2.C42H34Si2.C29H19N3/c1-37-5-25-45(26-6-37)51(46-27-7-38(2)8-28-46)49-33-21-43(22-34-49)19-17-41-13-15-42(16-14-41)18-20-44-23-35-50(36-24-44)52(47-29-9-39(3)10-30-47)48-31-11-40(4)12-32-48;1-7-19-35(20-8-1)43(36-21-9-2-10-22-36,37-23-11-3-12-24-37)41-31-33-42(34-32-41)44(38-25-13-4-14-26-38,39-27-15-5-16-28-39)40-29-17-6-18-30-40;1-5-14-24-20(10-1)21-11-2-6-15-25(21)31(24)28-18-9-19-29(30-28)32-26-16-7-3-12-22(26)23-13-4-8-17-27(23)32/h5-36H,1-4H3;1-34H;1-19H. The number of rotatable bonds is 20. The van der Waals surface area contributed by atoms with Crippen molar-refractivity contribution in [3.8, 4) is 11.6 Å². The Morgan fingerprint density at radius 3 is 0.578 bits per heavy atom. The van der Waals surface area contributed by atoms with Crippen LogP contribution in [0.1, 0.15) is 44.5 Å². The zero-order chi connectivity index (χ0) is 86.6. The summed E-state index contributed by atoms with van der Waals surface area (Å²) in [5.41, 5.74) is 21.2. The van der Waals surface area contributed by atoms with Crippen LogP contribution in [-0.2, 0) is 0 Å². The van der Waals surface area contributed by atoms with Gasteiger partial charge in [0.25, 0.3) is 0 Å². The second-order valence-corrected chi connectivity index (χ2v) is 40.5. The van der Waals surface area contributed by atoms with Crippen molar-refractivity contribution in [2.24, 2.45) is 0 Å². The topological polar surface area (TPSA) is 29.2 Å². The number of para-hydroxylation sites is 4. The first kappa shape index (κ1) is 81.9. The predicted octanol–water partition coefficient (Wildman–Crippen LogP) is 25.9. The molecule has 0 bridgehead atoms. The summed E-state index contributed by atoms with van der Waals surface area (Å²) in [6.07, 6.45) is 8.70. The molecule has 0 atom stereocenters. The monoisotopic (exact) mass is 1680 g/mol. The zero-order valence-corrected chi connectivity index (χ0v) is 74.3. The summed E-state index contributed by atoms with van der Waals surface area (Å²) in [6.45, 7) is 8.50. The SMILES string of the molecule is Cc1ccc(N(c2ccc(C)cc2)c2ccc(C=Cc3ccc(C=Cc4ccc(N(c5ccc(C)cc5)c5ccc(C)cc5)cc4)cc3)cc2)cc1.c1cc(-n2c3ccccc3c3ccccc32)nc(-n2c3ccccc3c3ccccc32)c1.c1ccc([Si](c2ccccc2)(c2ccccc2)c2ccc([Si](c3ccccc3)(c3ccccc3)c3ccccc3)cc2)cc1. The molecule has 7 heteroatoms. The van der Waals surface area contributed by atoms with Crippen LogP contribution in [0.4, 0.5) is 34.1 Å². The highest BCUT2D eigenvalue weighted by Crippen LogP contribution is 2.39. The van der Waals surface area contributed by atoms with Crippen LogP contribution in [0.15, 0.2) is 491 Å². The molecule has 0 saturated heterocycles. The van der Waals surface area contributed by atoms with Crippen molar-refractivity contribution in [2.75, 3.05) is 9.80 Å². The first-order chi connectivity index (χ1) is 63.1. The van der Waals surface area contributed by atoms with Crippen LogP contribution in [0.5, 0.6) is 0 Å². The maximum Gasteiger partial charge on any atom is 0.179 e. The van der Waals surface area contributed by atoms with E-state index in [0.29, 0.717) is 0 Å². The van der Waals surface area contributed by atoms with Crippen LogP contribution in [0.3, 0.4) is 0 Å². The summed E-state index contributed by atoms with van der Waals surface area (Å²) in [5, 5.41) is 16.1. The lowest BCUT2D eigenvalue weighted by Gasteiger charge is -2.37. The zero-order valence-electron chi connectivity index (χ0n) is 72.3. The number of benzene rings is 18. The molecule has 0 radical (unpaired) electrons. The van der Waals surface area contributed by atoms with Crippen molar-refractivity contribution in [2.45, 2.75) is 27.7 Å². The fourth-order valence-electron chi connectivity index (χ4n) is 18.3. The summed E-state index contributed by atoms with van der Waals surface area (Å²) >= 11 is 0. The molecular formula is C121H97N5Si2. The number of hydrogen-bond acceptors (Lipinski definition) is 3. The molecule has 0 aliphatic carbocycles. The lowest BCUT2D eigenvalue weighted by molar-refractivity contribution is 1.01. The van der Waals surface area contributed by atoms with Gasteiger partial charge in [-0.05, 0) is 201 Å². The van der Waals surface area contributed by atoms with E-state index in [1.807, 2.05) is 0 Å². The Balaban J connectivity index is 0.000000128. The van der Waals surface area contributed by atoms with Crippen LogP contribution < -0.4 is 51.3 Å². The van der Waals surface area contributed by atoms with Crippen LogP contribution in [0.25, 0.3) is 79.6 Å². The predicted molar refractivity (Wildman–Crippen MR) is 552 cm³/mol. The lowest BCUT2D eigenvalue weighted by atomic mass is 10.1. The Bertz CT molecular complexity index is 6540. The van der Waals surface area contributed by atoms with Gasteiger partial charge in [0.1, 0.15) is 11.6 Å². The third kappa shape index (κ3) is 16.7. The summed E-state index contributed by atoms with van der Waals surface area (Å²) in [5.74, 6) is 1.84. The Morgan fingerprint density at radius 1 is 0.180 bits per heavy atom. The second-order valence-electron chi connectivity index (χ2n) is 32.9. The Labute approximate surface area is 753 Å². The number of anilines is 6. The minimum absolute atomic E-state index is 0.918. The summed E-state index contributed by atoms with van der Waals surface area (Å²) in [7, 11) is -5.21. The van der Waals surface area contributed by atoms with E-state index in [4.69, 9.17) is 4.98 Å². The molecule has 0 N–H and O–H groups in total. The van der Waals surface area contributed by atoms with Gasteiger partial charge in [-0.15, -0.1) is 0 Å². The maximum atomic E-state index is 5.18. The second kappa shape index (κ2) is 37.3. The normalized spacial score (nSPS) is 11.5. The van der Waals surface area contributed by atoms with Gasteiger partial charge >= 0.3 is 0 Å². The molecule has 0 aliphatic heterocycles. The van der Waals surface area contributed by atoms with Gasteiger partial charge in [0.2, 0.25) is 0 Å². The number of fused-ring (bicyclic) bond motifs is 6. The molecule has 5 nitrogen and oxygen atoms in total. The molecule has 0 spiro atoms. The van der Waals surface area contributed by atoms with Gasteiger partial charge in [-0.1, -0.05) is 429 Å². The molecule has 0 fully saturated rings. The van der Waals surface area contributed by atoms with E-state index in [0.717, 1.165) is 56.9 Å². The molecule has 0 amide bonds. The molecule has 3 heterocycles. The largest absolute Gasteiger partial charge is 0.311 e. The molecule has 0 saturated carbocycles. The molecule has 0 unspecified atom stereocenters. The van der Waals surface area contributed by atoms with E-state index < -0.39 is 16.1 Å². The molecule has 3 aromatic heterocycles. The van der Waals surface area contributed by atoms with Gasteiger partial charge in [-0.2, -0.15) is 0 Å². The minimum Gasteiger partial charge on any atom is -0.311 e. The Kier molecular flexibility index (Phi) is 23.9. The smallest absolute Gasteiger partial charge is 0.179 e. The van der Waals surface area contributed by atoms with Crippen molar-refractivity contribution < 1.29 is 0 Å². The molecule has 0 aliphatic rings. The highest BCUT2D eigenvalue weighted by Gasteiger charge is 2.44. The fraction of sp³-hybridized carbons (Fsp3) is 0.0331.